The van der Waals surface area contributed by atoms with Gasteiger partial charge < -0.3 is 10.1 Å². The number of ether oxygens (including phenoxy) is 1. The summed E-state index contributed by atoms with van der Waals surface area (Å²) >= 11 is 0. The van der Waals surface area contributed by atoms with Gasteiger partial charge in [-0.15, -0.1) is 0 Å². The lowest BCUT2D eigenvalue weighted by Crippen LogP contribution is -2.31. The fourth-order valence-electron chi connectivity index (χ4n) is 2.24. The highest BCUT2D eigenvalue weighted by Gasteiger charge is 2.16. The van der Waals surface area contributed by atoms with E-state index in [9.17, 15) is 9.18 Å². The molecule has 0 aromatic heterocycles. The van der Waals surface area contributed by atoms with E-state index >= 15 is 0 Å². The maximum absolute atomic E-state index is 12.8. The highest BCUT2D eigenvalue weighted by atomic mass is 19.1. The van der Waals surface area contributed by atoms with Crippen LogP contribution in [0.15, 0.2) is 42.5 Å². The van der Waals surface area contributed by atoms with Gasteiger partial charge in [0.05, 0.1) is 0 Å². The van der Waals surface area contributed by atoms with Crippen molar-refractivity contribution >= 4 is 5.91 Å². The van der Waals surface area contributed by atoms with Crippen molar-refractivity contribution in [2.24, 2.45) is 0 Å². The molecule has 0 spiro atoms. The van der Waals surface area contributed by atoms with Crippen molar-refractivity contribution < 1.29 is 13.9 Å². The number of amides is 1. The van der Waals surface area contributed by atoms with E-state index in [1.807, 2.05) is 6.07 Å². The third-order valence-corrected chi connectivity index (χ3v) is 3.32. The van der Waals surface area contributed by atoms with E-state index in [0.717, 1.165) is 23.3 Å². The summed E-state index contributed by atoms with van der Waals surface area (Å²) in [7, 11) is 0. The Morgan fingerprint density at radius 3 is 2.75 bits per heavy atom. The summed E-state index contributed by atoms with van der Waals surface area (Å²) in [5, 5.41) is 2.81. The largest absolute Gasteiger partial charge is 0.489 e. The van der Waals surface area contributed by atoms with Gasteiger partial charge in [0, 0.05) is 12.1 Å². The molecule has 1 aliphatic rings. The van der Waals surface area contributed by atoms with Gasteiger partial charge in [-0.2, -0.15) is 0 Å². The molecule has 0 atom stereocenters. The molecular formula is C16H14FNO2. The van der Waals surface area contributed by atoms with Crippen molar-refractivity contribution in [1.82, 2.24) is 5.32 Å². The van der Waals surface area contributed by atoms with Crippen molar-refractivity contribution in [2.45, 2.75) is 13.0 Å². The summed E-state index contributed by atoms with van der Waals surface area (Å²) in [5.41, 5.74) is 2.62. The number of fused-ring (bicyclic) bond motifs is 1. The van der Waals surface area contributed by atoms with E-state index in [-0.39, 0.29) is 11.7 Å². The molecule has 0 saturated carbocycles. The molecule has 2 aromatic carbocycles. The van der Waals surface area contributed by atoms with Crippen LogP contribution < -0.4 is 10.1 Å². The molecule has 4 heteroatoms. The predicted octanol–water partition coefficient (Wildman–Crippen LogP) is 2.69. The van der Waals surface area contributed by atoms with Gasteiger partial charge in [0.1, 0.15) is 18.2 Å². The Bertz CT molecular complexity index is 637. The van der Waals surface area contributed by atoms with E-state index < -0.39 is 0 Å². The summed E-state index contributed by atoms with van der Waals surface area (Å²) in [4.78, 5) is 11.6. The highest BCUT2D eigenvalue weighted by molar-refractivity contribution is 5.96. The lowest BCUT2D eigenvalue weighted by molar-refractivity contribution is 0.0946. The van der Waals surface area contributed by atoms with Crippen molar-refractivity contribution in [3.05, 3.63) is 65.0 Å². The van der Waals surface area contributed by atoms with Crippen LogP contribution >= 0.6 is 0 Å². The lowest BCUT2D eigenvalue weighted by atomic mass is 10.0. The van der Waals surface area contributed by atoms with Crippen LogP contribution in [0.25, 0.3) is 0 Å². The minimum Gasteiger partial charge on any atom is -0.489 e. The molecule has 1 aliphatic heterocycles. The Balaban J connectivity index is 1.72. The van der Waals surface area contributed by atoms with Crippen molar-refractivity contribution in [2.75, 3.05) is 6.54 Å². The standard InChI is InChI=1S/C16H14FNO2/c17-13-3-1-11(2-4-13)10-20-14-5-6-15-12(9-14)7-8-18-16(15)19/h1-6,9H,7-8,10H2,(H,18,19). The molecule has 3 nitrogen and oxygen atoms in total. The predicted molar refractivity (Wildman–Crippen MR) is 73.2 cm³/mol. The zero-order chi connectivity index (χ0) is 13.9. The molecule has 20 heavy (non-hydrogen) atoms. The molecule has 0 unspecified atom stereocenters. The third kappa shape index (κ3) is 2.64. The smallest absolute Gasteiger partial charge is 0.251 e. The van der Waals surface area contributed by atoms with Crippen LogP contribution in [-0.4, -0.2) is 12.5 Å². The Morgan fingerprint density at radius 2 is 1.95 bits per heavy atom. The Morgan fingerprint density at radius 1 is 1.15 bits per heavy atom. The topological polar surface area (TPSA) is 38.3 Å². The zero-order valence-electron chi connectivity index (χ0n) is 10.9. The number of carbonyl (C=O) groups is 1. The minimum absolute atomic E-state index is 0.0312. The summed E-state index contributed by atoms with van der Waals surface area (Å²) in [6.45, 7) is 1.04. The first-order valence-electron chi connectivity index (χ1n) is 6.51. The second-order valence-corrected chi connectivity index (χ2v) is 4.74. The van der Waals surface area contributed by atoms with Gasteiger partial charge in [0.25, 0.3) is 5.91 Å². The van der Waals surface area contributed by atoms with Gasteiger partial charge in [0.2, 0.25) is 0 Å². The summed E-state index contributed by atoms with van der Waals surface area (Å²) in [6, 6.07) is 11.7. The van der Waals surface area contributed by atoms with Gasteiger partial charge in [-0.05, 0) is 47.9 Å². The van der Waals surface area contributed by atoms with E-state index in [0.29, 0.717) is 18.7 Å². The SMILES string of the molecule is O=C1NCCc2cc(OCc3ccc(F)cc3)ccc21. The minimum atomic E-state index is -0.256. The fourth-order valence-corrected chi connectivity index (χ4v) is 2.24. The number of benzene rings is 2. The molecule has 0 fully saturated rings. The number of nitrogens with one attached hydrogen (secondary N) is 1. The molecule has 1 amide bonds. The van der Waals surface area contributed by atoms with Gasteiger partial charge in [-0.1, -0.05) is 12.1 Å². The number of hydrogen-bond acceptors (Lipinski definition) is 2. The van der Waals surface area contributed by atoms with Gasteiger partial charge >= 0.3 is 0 Å². The molecular weight excluding hydrogens is 257 g/mol. The molecule has 0 aliphatic carbocycles. The first kappa shape index (κ1) is 12.7. The zero-order valence-corrected chi connectivity index (χ0v) is 10.9. The van der Waals surface area contributed by atoms with Crippen LogP contribution in [0, 0.1) is 5.82 Å². The van der Waals surface area contributed by atoms with E-state index in [1.165, 1.54) is 12.1 Å². The maximum Gasteiger partial charge on any atom is 0.251 e. The van der Waals surface area contributed by atoms with Crippen LogP contribution in [-0.2, 0) is 13.0 Å². The molecule has 102 valence electrons. The second kappa shape index (κ2) is 5.33. The Hall–Kier alpha value is -2.36. The molecule has 0 saturated heterocycles. The van der Waals surface area contributed by atoms with Crippen molar-refractivity contribution in [3.8, 4) is 5.75 Å². The summed E-state index contributed by atoms with van der Waals surface area (Å²) in [6.07, 6.45) is 0.814. The van der Waals surface area contributed by atoms with Crippen LogP contribution in [0.2, 0.25) is 0 Å². The van der Waals surface area contributed by atoms with E-state index in [2.05, 4.69) is 5.32 Å². The summed E-state index contributed by atoms with van der Waals surface area (Å²) < 4.78 is 18.5. The monoisotopic (exact) mass is 271 g/mol. The Labute approximate surface area is 116 Å². The van der Waals surface area contributed by atoms with Crippen molar-refractivity contribution in [1.29, 1.82) is 0 Å². The molecule has 3 rings (SSSR count). The molecule has 2 aromatic rings. The fraction of sp³-hybridized carbons (Fsp3) is 0.188. The average Bonchev–Trinajstić information content (AvgIpc) is 2.47. The molecule has 0 radical (unpaired) electrons. The maximum atomic E-state index is 12.8. The first-order chi connectivity index (χ1) is 9.72. The van der Waals surface area contributed by atoms with Crippen LogP contribution in [0.4, 0.5) is 4.39 Å². The van der Waals surface area contributed by atoms with Crippen LogP contribution in [0.5, 0.6) is 5.75 Å². The van der Waals surface area contributed by atoms with Crippen LogP contribution in [0.1, 0.15) is 21.5 Å². The number of carbonyl (C=O) groups excluding carboxylic acids is 1. The van der Waals surface area contributed by atoms with Gasteiger partial charge in [-0.25, -0.2) is 4.39 Å². The first-order valence-corrected chi connectivity index (χ1v) is 6.51. The third-order valence-electron chi connectivity index (χ3n) is 3.32. The normalized spacial score (nSPS) is 13.6. The van der Waals surface area contributed by atoms with Crippen molar-refractivity contribution in [3.63, 3.8) is 0 Å². The van der Waals surface area contributed by atoms with Crippen LogP contribution in [0.3, 0.4) is 0 Å². The highest BCUT2D eigenvalue weighted by Crippen LogP contribution is 2.21. The van der Waals surface area contributed by atoms with Gasteiger partial charge in [-0.3, -0.25) is 4.79 Å². The van der Waals surface area contributed by atoms with E-state index in [1.54, 1.807) is 24.3 Å². The quantitative estimate of drug-likeness (QED) is 0.932. The number of halogens is 1. The average molecular weight is 271 g/mol. The number of rotatable bonds is 3. The Kier molecular flexibility index (Phi) is 3.37. The molecule has 1 N–H and O–H groups in total. The summed E-state index contributed by atoms with van der Waals surface area (Å²) in [5.74, 6) is 0.438. The van der Waals surface area contributed by atoms with E-state index in [4.69, 9.17) is 4.74 Å². The lowest BCUT2D eigenvalue weighted by Gasteiger charge is -2.17. The molecule has 0 bridgehead atoms. The van der Waals surface area contributed by atoms with Gasteiger partial charge in [0.15, 0.2) is 0 Å². The second-order valence-electron chi connectivity index (χ2n) is 4.74. The number of hydrogen-bond donors (Lipinski definition) is 1. The molecule has 1 heterocycles.